The summed E-state index contributed by atoms with van der Waals surface area (Å²) in [5.41, 5.74) is 1.79. The summed E-state index contributed by atoms with van der Waals surface area (Å²) in [5.74, 6) is 1.80. The SMILES string of the molecule is COc1cccc(N2CCN(CC3Cn4c(c5ccccc5nc4=O)N3)CC2)c1. The minimum Gasteiger partial charge on any atom is -0.497 e. The van der Waals surface area contributed by atoms with Gasteiger partial charge in [-0.05, 0) is 24.3 Å². The first-order valence-electron chi connectivity index (χ1n) is 10.1. The Kier molecular flexibility index (Phi) is 4.60. The Morgan fingerprint density at radius 3 is 2.76 bits per heavy atom. The summed E-state index contributed by atoms with van der Waals surface area (Å²) < 4.78 is 7.13. The zero-order valence-corrected chi connectivity index (χ0v) is 16.5. The summed E-state index contributed by atoms with van der Waals surface area (Å²) in [4.78, 5) is 21.5. The molecule has 0 saturated carbocycles. The Bertz CT molecular complexity index is 1090. The van der Waals surface area contributed by atoms with Crippen LogP contribution in [0.2, 0.25) is 0 Å². The van der Waals surface area contributed by atoms with Crippen molar-refractivity contribution in [2.45, 2.75) is 12.6 Å². The first kappa shape index (κ1) is 18.0. The molecule has 1 N–H and O–H groups in total. The third-order valence-corrected chi connectivity index (χ3v) is 5.89. The van der Waals surface area contributed by atoms with E-state index >= 15 is 0 Å². The van der Waals surface area contributed by atoms with Gasteiger partial charge in [0, 0.05) is 49.9 Å². The molecule has 5 rings (SSSR count). The van der Waals surface area contributed by atoms with Crippen LogP contribution in [-0.2, 0) is 6.54 Å². The van der Waals surface area contributed by atoms with Gasteiger partial charge in [0.15, 0.2) is 0 Å². The van der Waals surface area contributed by atoms with Crippen molar-refractivity contribution in [1.82, 2.24) is 14.5 Å². The van der Waals surface area contributed by atoms with Crippen LogP contribution < -0.4 is 20.6 Å². The summed E-state index contributed by atoms with van der Waals surface area (Å²) >= 11 is 0. The molecule has 0 radical (unpaired) electrons. The molecular formula is C22H25N5O2. The largest absolute Gasteiger partial charge is 0.497 e. The molecule has 150 valence electrons. The highest BCUT2D eigenvalue weighted by atomic mass is 16.5. The molecule has 1 fully saturated rings. The zero-order chi connectivity index (χ0) is 19.8. The molecule has 2 aliphatic rings. The number of hydrogen-bond donors (Lipinski definition) is 1. The van der Waals surface area contributed by atoms with Crippen LogP contribution in [-0.4, -0.2) is 60.3 Å². The molecule has 7 nitrogen and oxygen atoms in total. The van der Waals surface area contributed by atoms with E-state index in [0.717, 1.165) is 55.2 Å². The van der Waals surface area contributed by atoms with Gasteiger partial charge in [-0.2, -0.15) is 4.98 Å². The maximum atomic E-state index is 12.4. The van der Waals surface area contributed by atoms with E-state index in [4.69, 9.17) is 4.74 Å². The summed E-state index contributed by atoms with van der Waals surface area (Å²) in [5, 5.41) is 4.59. The van der Waals surface area contributed by atoms with Crippen LogP contribution in [0.1, 0.15) is 0 Å². The Balaban J connectivity index is 1.24. The van der Waals surface area contributed by atoms with Crippen molar-refractivity contribution in [1.29, 1.82) is 0 Å². The van der Waals surface area contributed by atoms with E-state index in [1.807, 2.05) is 36.4 Å². The van der Waals surface area contributed by atoms with E-state index in [1.165, 1.54) is 5.69 Å². The topological polar surface area (TPSA) is 62.6 Å². The number of ether oxygens (including phenoxy) is 1. The lowest BCUT2D eigenvalue weighted by molar-refractivity contribution is 0.245. The van der Waals surface area contributed by atoms with Crippen molar-refractivity contribution in [3.63, 3.8) is 0 Å². The highest BCUT2D eigenvalue weighted by Crippen LogP contribution is 2.26. The molecule has 1 atom stereocenters. The average molecular weight is 391 g/mol. The first-order chi connectivity index (χ1) is 14.2. The van der Waals surface area contributed by atoms with E-state index in [2.05, 4.69) is 32.2 Å². The normalized spacial score (nSPS) is 19.2. The van der Waals surface area contributed by atoms with Crippen LogP contribution in [0.5, 0.6) is 5.75 Å². The maximum absolute atomic E-state index is 12.4. The molecule has 3 aromatic rings. The molecule has 7 heteroatoms. The molecular weight excluding hydrogens is 366 g/mol. The second-order valence-electron chi connectivity index (χ2n) is 7.70. The van der Waals surface area contributed by atoms with Crippen LogP contribution in [0.4, 0.5) is 11.5 Å². The zero-order valence-electron chi connectivity index (χ0n) is 16.5. The molecule has 0 aliphatic carbocycles. The highest BCUT2D eigenvalue weighted by Gasteiger charge is 2.27. The Morgan fingerprint density at radius 1 is 1.10 bits per heavy atom. The van der Waals surface area contributed by atoms with Crippen molar-refractivity contribution in [3.05, 3.63) is 59.0 Å². The molecule has 1 unspecified atom stereocenters. The Labute approximate surface area is 169 Å². The molecule has 2 aliphatic heterocycles. The van der Waals surface area contributed by atoms with Crippen molar-refractivity contribution in [2.75, 3.05) is 50.1 Å². The number of hydrogen-bond acceptors (Lipinski definition) is 6. The van der Waals surface area contributed by atoms with Gasteiger partial charge in [0.1, 0.15) is 11.6 Å². The predicted octanol–water partition coefficient (Wildman–Crippen LogP) is 2.02. The highest BCUT2D eigenvalue weighted by molar-refractivity contribution is 5.89. The fraction of sp³-hybridized carbons (Fsp3) is 0.364. The number of methoxy groups -OCH3 is 1. The number of benzene rings is 2. The van der Waals surface area contributed by atoms with E-state index < -0.39 is 0 Å². The van der Waals surface area contributed by atoms with Crippen molar-refractivity contribution < 1.29 is 4.74 Å². The number of aromatic nitrogens is 2. The lowest BCUT2D eigenvalue weighted by Gasteiger charge is -2.37. The van der Waals surface area contributed by atoms with Crippen molar-refractivity contribution >= 4 is 22.4 Å². The number of fused-ring (bicyclic) bond motifs is 3. The predicted molar refractivity (Wildman–Crippen MR) is 115 cm³/mol. The molecule has 2 aromatic carbocycles. The lowest BCUT2D eigenvalue weighted by atomic mass is 10.2. The van der Waals surface area contributed by atoms with Gasteiger partial charge >= 0.3 is 5.69 Å². The van der Waals surface area contributed by atoms with Crippen LogP contribution in [0, 0.1) is 0 Å². The third kappa shape index (κ3) is 3.42. The lowest BCUT2D eigenvalue weighted by Crippen LogP contribution is -2.49. The van der Waals surface area contributed by atoms with Crippen molar-refractivity contribution in [2.24, 2.45) is 0 Å². The van der Waals surface area contributed by atoms with Gasteiger partial charge in [-0.15, -0.1) is 0 Å². The monoisotopic (exact) mass is 391 g/mol. The smallest absolute Gasteiger partial charge is 0.349 e. The van der Waals surface area contributed by atoms with E-state index in [0.29, 0.717) is 6.54 Å². The van der Waals surface area contributed by atoms with Gasteiger partial charge in [-0.1, -0.05) is 18.2 Å². The van der Waals surface area contributed by atoms with E-state index in [9.17, 15) is 4.79 Å². The van der Waals surface area contributed by atoms with Crippen LogP contribution in [0.3, 0.4) is 0 Å². The van der Waals surface area contributed by atoms with Gasteiger partial charge in [-0.3, -0.25) is 9.47 Å². The number of anilines is 2. The van der Waals surface area contributed by atoms with Crippen LogP contribution >= 0.6 is 0 Å². The van der Waals surface area contributed by atoms with Gasteiger partial charge < -0.3 is 15.0 Å². The van der Waals surface area contributed by atoms with E-state index in [-0.39, 0.29) is 11.7 Å². The molecule has 0 spiro atoms. The number of nitrogens with one attached hydrogen (secondary N) is 1. The van der Waals surface area contributed by atoms with Crippen LogP contribution in [0.25, 0.3) is 10.9 Å². The third-order valence-electron chi connectivity index (χ3n) is 5.89. The summed E-state index contributed by atoms with van der Waals surface area (Å²) in [6.45, 7) is 5.55. The Morgan fingerprint density at radius 2 is 1.93 bits per heavy atom. The number of rotatable bonds is 4. The molecule has 0 amide bonds. The minimum absolute atomic E-state index is 0.170. The standard InChI is InChI=1S/C22H25N5O2/c1-29-18-6-4-5-17(13-18)26-11-9-25(10-12-26)14-16-15-27-21(23-16)19-7-2-3-8-20(19)24-22(27)28/h2-8,13,16,23H,9-12,14-15H2,1H3. The first-order valence-corrected chi connectivity index (χ1v) is 10.1. The molecule has 3 heterocycles. The number of nitrogens with zero attached hydrogens (tertiary/aromatic N) is 4. The van der Waals surface area contributed by atoms with Gasteiger partial charge in [0.2, 0.25) is 0 Å². The van der Waals surface area contributed by atoms with Gasteiger partial charge in [0.25, 0.3) is 0 Å². The second-order valence-corrected chi connectivity index (χ2v) is 7.70. The summed E-state index contributed by atoms with van der Waals surface area (Å²) in [6, 6.07) is 16.3. The second kappa shape index (κ2) is 7.40. The molecule has 1 aromatic heterocycles. The molecule has 1 saturated heterocycles. The fourth-order valence-electron chi connectivity index (χ4n) is 4.37. The van der Waals surface area contributed by atoms with Crippen LogP contribution in [0.15, 0.2) is 53.3 Å². The maximum Gasteiger partial charge on any atom is 0.349 e. The Hall–Kier alpha value is -3.06. The van der Waals surface area contributed by atoms with Gasteiger partial charge in [-0.25, -0.2) is 4.79 Å². The molecule has 0 bridgehead atoms. The van der Waals surface area contributed by atoms with E-state index in [1.54, 1.807) is 11.7 Å². The molecule has 29 heavy (non-hydrogen) atoms. The van der Waals surface area contributed by atoms with Gasteiger partial charge in [0.05, 0.1) is 25.2 Å². The summed E-state index contributed by atoms with van der Waals surface area (Å²) in [6.07, 6.45) is 0. The van der Waals surface area contributed by atoms with Crippen molar-refractivity contribution in [3.8, 4) is 5.75 Å². The number of piperazine rings is 1. The average Bonchev–Trinajstić information content (AvgIpc) is 3.19. The minimum atomic E-state index is -0.170. The summed E-state index contributed by atoms with van der Waals surface area (Å²) in [7, 11) is 1.70. The fourth-order valence-corrected chi connectivity index (χ4v) is 4.37. The number of para-hydroxylation sites is 1. The quantitative estimate of drug-likeness (QED) is 0.734.